The third-order valence-electron chi connectivity index (χ3n) is 4.81. The van der Waals surface area contributed by atoms with Crippen LogP contribution < -0.4 is 19.5 Å². The fourth-order valence-electron chi connectivity index (χ4n) is 3.29. The van der Waals surface area contributed by atoms with Gasteiger partial charge in [0, 0.05) is 51.3 Å². The average Bonchev–Trinajstić information content (AvgIpc) is 3.19. The Kier molecular flexibility index (Phi) is 9.16. The summed E-state index contributed by atoms with van der Waals surface area (Å²) in [5, 5.41) is 3.43. The number of guanidine groups is 1. The number of methoxy groups -OCH3 is 4. The van der Waals surface area contributed by atoms with Gasteiger partial charge in [0.1, 0.15) is 5.75 Å². The number of rotatable bonds is 10. The van der Waals surface area contributed by atoms with Crippen LogP contribution >= 0.6 is 0 Å². The number of likely N-dealkylation sites (tertiary alicyclic amines) is 1. The molecule has 0 amide bonds. The van der Waals surface area contributed by atoms with Crippen molar-refractivity contribution in [1.29, 1.82) is 0 Å². The zero-order valence-electron chi connectivity index (χ0n) is 17.6. The minimum absolute atomic E-state index is 0.506. The molecule has 28 heavy (non-hydrogen) atoms. The van der Waals surface area contributed by atoms with Crippen molar-refractivity contribution in [2.45, 2.75) is 13.0 Å². The number of ether oxygens (including phenoxy) is 5. The van der Waals surface area contributed by atoms with Crippen LogP contribution in [0.4, 0.5) is 0 Å². The van der Waals surface area contributed by atoms with E-state index in [0.29, 0.717) is 37.2 Å². The molecule has 1 aliphatic heterocycles. The number of nitrogens with one attached hydrogen (secondary N) is 1. The molecule has 1 heterocycles. The van der Waals surface area contributed by atoms with Gasteiger partial charge in [-0.3, -0.25) is 4.99 Å². The van der Waals surface area contributed by atoms with Gasteiger partial charge in [-0.25, -0.2) is 0 Å². The second-order valence-corrected chi connectivity index (χ2v) is 6.59. The van der Waals surface area contributed by atoms with Crippen molar-refractivity contribution in [1.82, 2.24) is 10.2 Å². The molecule has 158 valence electrons. The summed E-state index contributed by atoms with van der Waals surface area (Å²) in [6.45, 7) is 4.48. The Bertz CT molecular complexity index is 639. The molecule has 8 nitrogen and oxygen atoms in total. The Morgan fingerprint density at radius 2 is 1.79 bits per heavy atom. The van der Waals surface area contributed by atoms with Gasteiger partial charge < -0.3 is 33.9 Å². The lowest BCUT2D eigenvalue weighted by Crippen LogP contribution is -2.40. The van der Waals surface area contributed by atoms with Crippen molar-refractivity contribution in [2.24, 2.45) is 10.9 Å². The van der Waals surface area contributed by atoms with E-state index in [0.717, 1.165) is 43.4 Å². The van der Waals surface area contributed by atoms with Crippen LogP contribution in [0.15, 0.2) is 17.1 Å². The zero-order valence-corrected chi connectivity index (χ0v) is 17.6. The molecule has 1 atom stereocenters. The van der Waals surface area contributed by atoms with Gasteiger partial charge in [0.05, 0.1) is 41.2 Å². The second kappa shape index (κ2) is 11.6. The average molecular weight is 396 g/mol. The molecule has 1 unspecified atom stereocenters. The standard InChI is InChI=1S/C20H33N3O5/c1-21-20(23-7-6-15(13-23)14-28-9-8-24-2)22-12-16-10-18(26-4)19(27-5)11-17(16)25-3/h10-11,15H,6-9,12-14H2,1-5H3,(H,21,22). The van der Waals surface area contributed by atoms with E-state index in [1.807, 2.05) is 12.1 Å². The number of hydrogen-bond acceptors (Lipinski definition) is 6. The maximum absolute atomic E-state index is 5.67. The van der Waals surface area contributed by atoms with Gasteiger partial charge in [0.2, 0.25) is 0 Å². The van der Waals surface area contributed by atoms with Gasteiger partial charge >= 0.3 is 0 Å². The topological polar surface area (TPSA) is 73.8 Å². The van der Waals surface area contributed by atoms with Crippen molar-refractivity contribution in [3.8, 4) is 17.2 Å². The van der Waals surface area contributed by atoms with E-state index in [1.165, 1.54) is 0 Å². The Morgan fingerprint density at radius 1 is 1.07 bits per heavy atom. The lowest BCUT2D eigenvalue weighted by molar-refractivity contribution is 0.0536. The van der Waals surface area contributed by atoms with Crippen LogP contribution in [-0.2, 0) is 16.0 Å². The van der Waals surface area contributed by atoms with Crippen LogP contribution in [0, 0.1) is 5.92 Å². The smallest absolute Gasteiger partial charge is 0.193 e. The quantitative estimate of drug-likeness (QED) is 0.368. The molecule has 1 aromatic carbocycles. The highest BCUT2D eigenvalue weighted by Crippen LogP contribution is 2.34. The Balaban J connectivity index is 1.94. The van der Waals surface area contributed by atoms with E-state index < -0.39 is 0 Å². The SMILES string of the molecule is CN=C(NCc1cc(OC)c(OC)cc1OC)N1CCC(COCCOC)C1. The first-order chi connectivity index (χ1) is 13.7. The van der Waals surface area contributed by atoms with Gasteiger partial charge in [-0.1, -0.05) is 0 Å². The van der Waals surface area contributed by atoms with Crippen LogP contribution in [0.1, 0.15) is 12.0 Å². The number of benzene rings is 1. The van der Waals surface area contributed by atoms with E-state index in [9.17, 15) is 0 Å². The maximum Gasteiger partial charge on any atom is 0.193 e. The summed E-state index contributed by atoms with van der Waals surface area (Å²) >= 11 is 0. The molecular formula is C20H33N3O5. The fourth-order valence-corrected chi connectivity index (χ4v) is 3.29. The first kappa shape index (κ1) is 22.1. The molecule has 0 aromatic heterocycles. The molecular weight excluding hydrogens is 362 g/mol. The summed E-state index contributed by atoms with van der Waals surface area (Å²) in [7, 11) is 8.37. The summed E-state index contributed by atoms with van der Waals surface area (Å²) in [6, 6.07) is 3.76. The third kappa shape index (κ3) is 5.90. The molecule has 1 aliphatic rings. The summed E-state index contributed by atoms with van der Waals surface area (Å²) in [4.78, 5) is 6.70. The molecule has 0 saturated carbocycles. The number of nitrogens with zero attached hydrogens (tertiary/aromatic N) is 2. The molecule has 2 rings (SSSR count). The Morgan fingerprint density at radius 3 is 2.43 bits per heavy atom. The highest BCUT2D eigenvalue weighted by Gasteiger charge is 2.25. The van der Waals surface area contributed by atoms with Crippen LogP contribution in [-0.4, -0.2) is 79.3 Å². The summed E-state index contributed by atoms with van der Waals surface area (Å²) in [6.07, 6.45) is 1.09. The number of aliphatic imine (C=N–C) groups is 1. The Hall–Kier alpha value is -2.19. The summed E-state index contributed by atoms with van der Waals surface area (Å²) < 4.78 is 26.9. The largest absolute Gasteiger partial charge is 0.496 e. The molecule has 1 N–H and O–H groups in total. The molecule has 1 aromatic rings. The van der Waals surface area contributed by atoms with Crippen LogP contribution in [0.5, 0.6) is 17.2 Å². The summed E-state index contributed by atoms with van der Waals surface area (Å²) in [5.41, 5.74) is 0.972. The van der Waals surface area contributed by atoms with Crippen LogP contribution in [0.2, 0.25) is 0 Å². The maximum atomic E-state index is 5.67. The normalized spacial score (nSPS) is 17.0. The Labute approximate surface area is 167 Å². The molecule has 1 saturated heterocycles. The number of hydrogen-bond donors (Lipinski definition) is 1. The molecule has 0 aliphatic carbocycles. The molecule has 0 radical (unpaired) electrons. The first-order valence-electron chi connectivity index (χ1n) is 9.47. The molecule has 8 heteroatoms. The third-order valence-corrected chi connectivity index (χ3v) is 4.81. The fraction of sp³-hybridized carbons (Fsp3) is 0.650. The van der Waals surface area contributed by atoms with Crippen molar-refractivity contribution in [2.75, 3.05) is 68.4 Å². The molecule has 1 fully saturated rings. The lowest BCUT2D eigenvalue weighted by atomic mass is 10.1. The summed E-state index contributed by atoms with van der Waals surface area (Å²) in [5.74, 6) is 3.43. The zero-order chi connectivity index (χ0) is 20.4. The van der Waals surface area contributed by atoms with Gasteiger partial charge in [-0.05, 0) is 12.5 Å². The van der Waals surface area contributed by atoms with E-state index in [-0.39, 0.29) is 0 Å². The highest BCUT2D eigenvalue weighted by atomic mass is 16.5. The van der Waals surface area contributed by atoms with Crippen LogP contribution in [0.3, 0.4) is 0 Å². The van der Waals surface area contributed by atoms with Gasteiger partial charge in [-0.15, -0.1) is 0 Å². The van der Waals surface area contributed by atoms with Crippen molar-refractivity contribution in [3.63, 3.8) is 0 Å². The minimum atomic E-state index is 0.506. The van der Waals surface area contributed by atoms with E-state index in [2.05, 4.69) is 15.2 Å². The lowest BCUT2D eigenvalue weighted by Gasteiger charge is -2.22. The van der Waals surface area contributed by atoms with Crippen molar-refractivity contribution < 1.29 is 23.7 Å². The van der Waals surface area contributed by atoms with E-state index in [4.69, 9.17) is 23.7 Å². The minimum Gasteiger partial charge on any atom is -0.496 e. The van der Waals surface area contributed by atoms with Gasteiger partial charge in [-0.2, -0.15) is 0 Å². The highest BCUT2D eigenvalue weighted by molar-refractivity contribution is 5.80. The van der Waals surface area contributed by atoms with Crippen LogP contribution in [0.25, 0.3) is 0 Å². The molecule has 0 spiro atoms. The van der Waals surface area contributed by atoms with Gasteiger partial charge in [0.25, 0.3) is 0 Å². The van der Waals surface area contributed by atoms with E-state index >= 15 is 0 Å². The monoisotopic (exact) mass is 395 g/mol. The predicted octanol–water partition coefficient (Wildman–Crippen LogP) is 1.77. The van der Waals surface area contributed by atoms with Gasteiger partial charge in [0.15, 0.2) is 17.5 Å². The second-order valence-electron chi connectivity index (χ2n) is 6.59. The van der Waals surface area contributed by atoms with E-state index in [1.54, 1.807) is 35.5 Å². The predicted molar refractivity (Wildman–Crippen MR) is 109 cm³/mol. The van der Waals surface area contributed by atoms with Crippen molar-refractivity contribution >= 4 is 5.96 Å². The first-order valence-corrected chi connectivity index (χ1v) is 9.47. The van der Waals surface area contributed by atoms with Crippen molar-refractivity contribution in [3.05, 3.63) is 17.7 Å². The molecule has 0 bridgehead atoms.